The van der Waals surface area contributed by atoms with Crippen LogP contribution in [0.2, 0.25) is 0 Å². The van der Waals surface area contributed by atoms with E-state index in [2.05, 4.69) is 25.7 Å². The van der Waals surface area contributed by atoms with E-state index in [1.54, 1.807) is 0 Å². The zero-order valence-corrected chi connectivity index (χ0v) is 12.6. The van der Waals surface area contributed by atoms with Crippen molar-refractivity contribution in [2.45, 2.75) is 52.2 Å². The van der Waals surface area contributed by atoms with Crippen LogP contribution in [0, 0.1) is 5.92 Å². The molecule has 0 bridgehead atoms. The van der Waals surface area contributed by atoms with Gasteiger partial charge >= 0.3 is 0 Å². The molecule has 0 aromatic heterocycles. The molecular formula is C14H32N2O2. The number of rotatable bonds is 11. The van der Waals surface area contributed by atoms with E-state index in [0.717, 1.165) is 32.4 Å². The quantitative estimate of drug-likeness (QED) is 0.552. The zero-order chi connectivity index (χ0) is 14.0. The summed E-state index contributed by atoms with van der Waals surface area (Å²) in [5.74, 6) is 0.515. The van der Waals surface area contributed by atoms with Gasteiger partial charge in [-0.1, -0.05) is 27.2 Å². The fourth-order valence-electron chi connectivity index (χ4n) is 1.67. The zero-order valence-electron chi connectivity index (χ0n) is 12.6. The summed E-state index contributed by atoms with van der Waals surface area (Å²) in [7, 11) is 2.02. The standard InChI is InChI=1S/C14H32N2O2/c1-5-6-9-18-11-13(17)10-16(4)8-7-14(15)12(2)3/h12-14,17H,5-11,15H2,1-4H3. The van der Waals surface area contributed by atoms with Gasteiger partial charge in [-0.3, -0.25) is 0 Å². The first-order chi connectivity index (χ1) is 8.47. The van der Waals surface area contributed by atoms with Gasteiger partial charge in [0.1, 0.15) is 0 Å². The van der Waals surface area contributed by atoms with Crippen LogP contribution in [0.1, 0.15) is 40.0 Å². The third-order valence-electron chi connectivity index (χ3n) is 3.18. The smallest absolute Gasteiger partial charge is 0.0900 e. The highest BCUT2D eigenvalue weighted by atomic mass is 16.5. The molecule has 0 fully saturated rings. The van der Waals surface area contributed by atoms with Gasteiger partial charge in [0.25, 0.3) is 0 Å². The van der Waals surface area contributed by atoms with Gasteiger partial charge in [-0.2, -0.15) is 0 Å². The molecular weight excluding hydrogens is 228 g/mol. The molecule has 0 aromatic carbocycles. The predicted molar refractivity (Wildman–Crippen MR) is 76.7 cm³/mol. The van der Waals surface area contributed by atoms with Crippen LogP contribution in [0.15, 0.2) is 0 Å². The summed E-state index contributed by atoms with van der Waals surface area (Å²) in [6.07, 6.45) is 2.76. The largest absolute Gasteiger partial charge is 0.389 e. The minimum absolute atomic E-state index is 0.241. The number of aliphatic hydroxyl groups excluding tert-OH is 1. The van der Waals surface area contributed by atoms with Gasteiger partial charge in [0.15, 0.2) is 0 Å². The summed E-state index contributed by atoms with van der Waals surface area (Å²) in [6.45, 7) is 9.16. The van der Waals surface area contributed by atoms with E-state index >= 15 is 0 Å². The molecule has 18 heavy (non-hydrogen) atoms. The lowest BCUT2D eigenvalue weighted by Gasteiger charge is -2.23. The lowest BCUT2D eigenvalue weighted by Crippen LogP contribution is -2.36. The molecule has 0 saturated carbocycles. The molecule has 0 aliphatic rings. The Balaban J connectivity index is 3.57. The van der Waals surface area contributed by atoms with E-state index in [9.17, 15) is 5.11 Å². The molecule has 0 saturated heterocycles. The third kappa shape index (κ3) is 9.83. The van der Waals surface area contributed by atoms with Crippen molar-refractivity contribution in [2.24, 2.45) is 11.7 Å². The molecule has 2 unspecified atom stereocenters. The van der Waals surface area contributed by atoms with Crippen LogP contribution in [0.3, 0.4) is 0 Å². The third-order valence-corrected chi connectivity index (χ3v) is 3.18. The van der Waals surface area contributed by atoms with E-state index in [0.29, 0.717) is 19.1 Å². The average Bonchev–Trinajstić information content (AvgIpc) is 2.31. The van der Waals surface area contributed by atoms with Gasteiger partial charge in [-0.15, -0.1) is 0 Å². The molecule has 0 aliphatic carbocycles. The van der Waals surface area contributed by atoms with Crippen molar-refractivity contribution in [3.8, 4) is 0 Å². The molecule has 0 rings (SSSR count). The van der Waals surface area contributed by atoms with Crippen molar-refractivity contribution >= 4 is 0 Å². The van der Waals surface area contributed by atoms with Crippen molar-refractivity contribution in [1.82, 2.24) is 4.90 Å². The van der Waals surface area contributed by atoms with E-state index in [1.165, 1.54) is 0 Å². The average molecular weight is 260 g/mol. The number of hydrogen-bond donors (Lipinski definition) is 2. The fourth-order valence-corrected chi connectivity index (χ4v) is 1.67. The summed E-state index contributed by atoms with van der Waals surface area (Å²) in [4.78, 5) is 2.12. The number of nitrogens with two attached hydrogens (primary N) is 1. The van der Waals surface area contributed by atoms with Crippen LogP contribution < -0.4 is 5.73 Å². The van der Waals surface area contributed by atoms with Crippen molar-refractivity contribution < 1.29 is 9.84 Å². The van der Waals surface area contributed by atoms with Gasteiger partial charge in [0.2, 0.25) is 0 Å². The van der Waals surface area contributed by atoms with E-state index in [4.69, 9.17) is 10.5 Å². The Morgan fingerprint density at radius 1 is 1.33 bits per heavy atom. The van der Waals surface area contributed by atoms with Gasteiger partial charge < -0.3 is 20.5 Å². The Kier molecular flexibility index (Phi) is 10.6. The molecule has 0 heterocycles. The van der Waals surface area contributed by atoms with Crippen LogP contribution in [0.25, 0.3) is 0 Å². The summed E-state index contributed by atoms with van der Waals surface area (Å²) >= 11 is 0. The Morgan fingerprint density at radius 2 is 2.00 bits per heavy atom. The van der Waals surface area contributed by atoms with Crippen LogP contribution >= 0.6 is 0 Å². The number of aliphatic hydroxyl groups is 1. The van der Waals surface area contributed by atoms with Gasteiger partial charge in [0.05, 0.1) is 12.7 Å². The molecule has 110 valence electrons. The van der Waals surface area contributed by atoms with Crippen molar-refractivity contribution in [3.63, 3.8) is 0 Å². The van der Waals surface area contributed by atoms with Crippen LogP contribution in [0.5, 0.6) is 0 Å². The van der Waals surface area contributed by atoms with Gasteiger partial charge in [0, 0.05) is 19.2 Å². The van der Waals surface area contributed by atoms with E-state index < -0.39 is 6.10 Å². The Bertz CT molecular complexity index is 189. The molecule has 2 atom stereocenters. The Labute approximate surface area is 112 Å². The van der Waals surface area contributed by atoms with E-state index in [-0.39, 0.29) is 6.04 Å². The molecule has 4 nitrogen and oxygen atoms in total. The lowest BCUT2D eigenvalue weighted by atomic mass is 10.0. The first kappa shape index (κ1) is 17.8. The fraction of sp³-hybridized carbons (Fsp3) is 1.00. The van der Waals surface area contributed by atoms with Crippen LogP contribution in [-0.2, 0) is 4.74 Å². The number of unbranched alkanes of at least 4 members (excludes halogenated alkanes) is 1. The highest BCUT2D eigenvalue weighted by Gasteiger charge is 2.11. The summed E-state index contributed by atoms with van der Waals surface area (Å²) in [5.41, 5.74) is 6.00. The second kappa shape index (κ2) is 10.7. The number of nitrogens with zero attached hydrogens (tertiary/aromatic N) is 1. The number of hydrogen-bond acceptors (Lipinski definition) is 4. The van der Waals surface area contributed by atoms with Crippen molar-refractivity contribution in [1.29, 1.82) is 0 Å². The number of ether oxygens (including phenoxy) is 1. The molecule has 3 N–H and O–H groups in total. The molecule has 0 amide bonds. The second-order valence-electron chi connectivity index (χ2n) is 5.54. The first-order valence-corrected chi connectivity index (χ1v) is 7.17. The minimum atomic E-state index is -0.401. The first-order valence-electron chi connectivity index (χ1n) is 7.17. The number of likely N-dealkylation sites (N-methyl/N-ethyl adjacent to an activating group) is 1. The van der Waals surface area contributed by atoms with Gasteiger partial charge in [-0.25, -0.2) is 0 Å². The normalized spacial score (nSPS) is 15.3. The molecule has 0 aromatic rings. The lowest BCUT2D eigenvalue weighted by molar-refractivity contribution is 0.0194. The summed E-state index contributed by atoms with van der Waals surface area (Å²) in [6, 6.07) is 0.241. The Morgan fingerprint density at radius 3 is 2.56 bits per heavy atom. The maximum absolute atomic E-state index is 9.80. The molecule has 0 aliphatic heterocycles. The summed E-state index contributed by atoms with van der Waals surface area (Å²) < 4.78 is 5.40. The highest BCUT2D eigenvalue weighted by molar-refractivity contribution is 4.68. The molecule has 0 radical (unpaired) electrons. The SMILES string of the molecule is CCCCOCC(O)CN(C)CCC(N)C(C)C. The topological polar surface area (TPSA) is 58.7 Å². The molecule has 0 spiro atoms. The van der Waals surface area contributed by atoms with Crippen LogP contribution in [-0.4, -0.2) is 55.5 Å². The van der Waals surface area contributed by atoms with Crippen LogP contribution in [0.4, 0.5) is 0 Å². The van der Waals surface area contributed by atoms with Crippen molar-refractivity contribution in [2.75, 3.05) is 33.4 Å². The monoisotopic (exact) mass is 260 g/mol. The van der Waals surface area contributed by atoms with Crippen molar-refractivity contribution in [3.05, 3.63) is 0 Å². The maximum atomic E-state index is 9.80. The maximum Gasteiger partial charge on any atom is 0.0900 e. The molecule has 4 heteroatoms. The predicted octanol–water partition coefficient (Wildman–Crippen LogP) is 1.47. The van der Waals surface area contributed by atoms with Gasteiger partial charge in [-0.05, 0) is 32.4 Å². The summed E-state index contributed by atoms with van der Waals surface area (Å²) in [5, 5.41) is 9.80. The second-order valence-corrected chi connectivity index (χ2v) is 5.54. The Hall–Kier alpha value is -0.160. The highest BCUT2D eigenvalue weighted by Crippen LogP contribution is 2.04. The van der Waals surface area contributed by atoms with E-state index in [1.807, 2.05) is 7.05 Å². The minimum Gasteiger partial charge on any atom is -0.389 e.